The van der Waals surface area contributed by atoms with Crippen LogP contribution in [0.4, 0.5) is 11.4 Å². The zero-order valence-electron chi connectivity index (χ0n) is 21.2. The maximum Gasteiger partial charge on any atom is 0.296 e. The van der Waals surface area contributed by atoms with Gasteiger partial charge in [0.25, 0.3) is 25.8 Å². The van der Waals surface area contributed by atoms with Crippen molar-refractivity contribution >= 4 is 54.1 Å². The highest BCUT2D eigenvalue weighted by atomic mass is 32.2. The summed E-state index contributed by atoms with van der Waals surface area (Å²) in [5, 5.41) is 2.89. The van der Waals surface area contributed by atoms with Crippen LogP contribution in [0, 0.1) is 0 Å². The van der Waals surface area contributed by atoms with Crippen LogP contribution < -0.4 is 10.9 Å². The molecule has 0 saturated heterocycles. The summed E-state index contributed by atoms with van der Waals surface area (Å²) >= 11 is 0. The monoisotopic (exact) mass is 602 g/mol. The number of anilines is 2. The van der Waals surface area contributed by atoms with Gasteiger partial charge in [-0.1, -0.05) is 54.6 Å². The summed E-state index contributed by atoms with van der Waals surface area (Å²) in [4.78, 5) is 42.5. The Labute approximate surface area is 238 Å². The molecule has 0 radical (unpaired) electrons. The number of aromatic amines is 1. The second-order valence-corrected chi connectivity index (χ2v) is 12.2. The fourth-order valence-electron chi connectivity index (χ4n) is 5.12. The van der Waals surface area contributed by atoms with Gasteiger partial charge < -0.3 is 10.3 Å². The Balaban J connectivity index is 1.77. The maximum atomic E-state index is 13.9. The molecule has 42 heavy (non-hydrogen) atoms. The molecule has 0 saturated carbocycles. The minimum atomic E-state index is -4.98. The van der Waals surface area contributed by atoms with Gasteiger partial charge in [0.15, 0.2) is 11.6 Å². The van der Waals surface area contributed by atoms with Gasteiger partial charge in [-0.25, -0.2) is 0 Å². The summed E-state index contributed by atoms with van der Waals surface area (Å²) in [5.41, 5.74) is -1.63. The van der Waals surface area contributed by atoms with Crippen molar-refractivity contribution < 1.29 is 35.5 Å². The number of pyridine rings is 1. The first-order valence-corrected chi connectivity index (χ1v) is 15.1. The normalized spacial score (nSPS) is 12.7. The molecule has 1 aromatic heterocycles. The lowest BCUT2D eigenvalue weighted by atomic mass is 9.80. The zero-order chi connectivity index (χ0) is 30.0. The van der Waals surface area contributed by atoms with E-state index in [1.54, 1.807) is 42.5 Å². The van der Waals surface area contributed by atoms with E-state index in [-0.39, 0.29) is 38.9 Å². The Morgan fingerprint density at radius 2 is 1.40 bits per heavy atom. The molecule has 4 N–H and O–H groups in total. The third kappa shape index (κ3) is 4.40. The van der Waals surface area contributed by atoms with Crippen molar-refractivity contribution in [2.75, 3.05) is 5.32 Å². The van der Waals surface area contributed by atoms with E-state index in [0.717, 1.165) is 18.2 Å². The summed E-state index contributed by atoms with van der Waals surface area (Å²) in [5.74, 6) is -1.49. The Bertz CT molecular complexity index is 2280. The van der Waals surface area contributed by atoms with Gasteiger partial charge in [0.2, 0.25) is 0 Å². The van der Waals surface area contributed by atoms with E-state index in [1.165, 1.54) is 24.3 Å². The van der Waals surface area contributed by atoms with Crippen molar-refractivity contribution in [2.24, 2.45) is 0 Å². The summed E-state index contributed by atoms with van der Waals surface area (Å²) in [7, 11) is -9.68. The van der Waals surface area contributed by atoms with Gasteiger partial charge in [0.05, 0.1) is 27.2 Å². The second-order valence-electron chi connectivity index (χ2n) is 9.42. The molecule has 4 aromatic carbocycles. The fraction of sp³-hybridized carbons (Fsp3) is 0. The Morgan fingerprint density at radius 1 is 0.738 bits per heavy atom. The largest absolute Gasteiger partial charge is 0.355 e. The highest BCUT2D eigenvalue weighted by Gasteiger charge is 2.36. The predicted molar refractivity (Wildman–Crippen MR) is 153 cm³/mol. The number of carbonyl (C=O) groups excluding carboxylic acids is 2. The highest BCUT2D eigenvalue weighted by Crippen LogP contribution is 2.45. The smallest absolute Gasteiger partial charge is 0.296 e. The minimum Gasteiger partial charge on any atom is -0.355 e. The first kappa shape index (κ1) is 27.2. The van der Waals surface area contributed by atoms with Crippen molar-refractivity contribution in [2.45, 2.75) is 9.79 Å². The van der Waals surface area contributed by atoms with E-state index in [4.69, 9.17) is 0 Å². The summed E-state index contributed by atoms with van der Waals surface area (Å²) in [6.45, 7) is 0. The lowest BCUT2D eigenvalue weighted by Gasteiger charge is -2.25. The third-order valence-electron chi connectivity index (χ3n) is 6.88. The number of nitrogens with one attached hydrogen (secondary N) is 2. The SMILES string of the molecule is O=C(c1cccc(S(=O)(=O)O)c1)c1c2c3c(c(Nc4ccccc4)cc(S(=O)(=O)O)c3[nH]c1=O)C(=O)c1ccccc1-2. The molecule has 210 valence electrons. The first-order chi connectivity index (χ1) is 19.9. The molecule has 13 heteroatoms. The van der Waals surface area contributed by atoms with Crippen molar-refractivity contribution in [3.8, 4) is 11.1 Å². The highest BCUT2D eigenvalue weighted by molar-refractivity contribution is 7.86. The lowest BCUT2D eigenvalue weighted by molar-refractivity contribution is 0.102. The molecule has 0 unspecified atom stereocenters. The van der Waals surface area contributed by atoms with Crippen LogP contribution in [0.5, 0.6) is 0 Å². The molecule has 11 nitrogen and oxygen atoms in total. The second kappa shape index (κ2) is 9.56. The maximum absolute atomic E-state index is 13.9. The number of H-pyrrole nitrogens is 1. The summed E-state index contributed by atoms with van der Waals surface area (Å²) < 4.78 is 68.2. The Morgan fingerprint density at radius 3 is 2.07 bits per heavy atom. The molecule has 1 aliphatic carbocycles. The number of hydrogen-bond acceptors (Lipinski definition) is 8. The summed E-state index contributed by atoms with van der Waals surface area (Å²) in [6.07, 6.45) is 0. The van der Waals surface area contributed by atoms with E-state index in [0.29, 0.717) is 5.69 Å². The quantitative estimate of drug-likeness (QED) is 0.159. The Hall–Kier alpha value is -4.95. The van der Waals surface area contributed by atoms with Crippen molar-refractivity contribution in [3.05, 3.63) is 118 Å². The van der Waals surface area contributed by atoms with Crippen LogP contribution in [0.25, 0.3) is 22.0 Å². The van der Waals surface area contributed by atoms with Crippen molar-refractivity contribution in [1.29, 1.82) is 0 Å². The van der Waals surface area contributed by atoms with Gasteiger partial charge in [-0.05, 0) is 35.9 Å². The van der Waals surface area contributed by atoms with Crippen LogP contribution in [0.3, 0.4) is 0 Å². The van der Waals surface area contributed by atoms with Gasteiger partial charge in [-0.3, -0.25) is 23.5 Å². The number of para-hydroxylation sites is 1. The number of carbonyl (C=O) groups is 2. The van der Waals surface area contributed by atoms with Gasteiger partial charge >= 0.3 is 0 Å². The molecule has 0 spiro atoms. The van der Waals surface area contributed by atoms with E-state index in [1.807, 2.05) is 0 Å². The van der Waals surface area contributed by atoms with Crippen LogP contribution in [0.1, 0.15) is 31.8 Å². The van der Waals surface area contributed by atoms with Crippen LogP contribution in [0.15, 0.2) is 99.5 Å². The first-order valence-electron chi connectivity index (χ1n) is 12.2. The molecule has 5 aromatic rings. The van der Waals surface area contributed by atoms with Crippen molar-refractivity contribution in [1.82, 2.24) is 4.98 Å². The lowest BCUT2D eigenvalue weighted by Crippen LogP contribution is -2.25. The average Bonchev–Trinajstić information content (AvgIpc) is 2.95. The fourth-order valence-corrected chi connectivity index (χ4v) is 6.33. The number of benzene rings is 4. The van der Waals surface area contributed by atoms with Crippen LogP contribution in [0.2, 0.25) is 0 Å². The zero-order valence-corrected chi connectivity index (χ0v) is 22.8. The standard InChI is InChI=1S/C29H18N2O9S2/c32-27(15-7-6-10-17(13-15)41(35,36)37)25-22-18-11-4-5-12-19(18)28(33)23-20(30-16-8-2-1-3-9-16)14-21(42(38,39)40)26(24(22)23)31-29(25)34/h1-14,30H,(H,31,34)(H,35,36,37)(H,38,39,40). The number of aromatic nitrogens is 1. The molecule has 0 amide bonds. The average molecular weight is 603 g/mol. The van der Waals surface area contributed by atoms with E-state index in [9.17, 15) is 40.3 Å². The van der Waals surface area contributed by atoms with E-state index < -0.39 is 58.2 Å². The number of ketones is 2. The number of rotatable bonds is 6. The third-order valence-corrected chi connectivity index (χ3v) is 8.60. The Kier molecular flexibility index (Phi) is 6.20. The van der Waals surface area contributed by atoms with Gasteiger partial charge in [0, 0.05) is 27.8 Å². The minimum absolute atomic E-state index is 0.0131. The molecular formula is C29H18N2O9S2. The van der Waals surface area contributed by atoms with Gasteiger partial charge in [-0.2, -0.15) is 16.8 Å². The van der Waals surface area contributed by atoms with Crippen LogP contribution >= 0.6 is 0 Å². The molecule has 0 atom stereocenters. The molecule has 6 rings (SSSR count). The van der Waals surface area contributed by atoms with E-state index >= 15 is 0 Å². The van der Waals surface area contributed by atoms with Crippen LogP contribution in [-0.4, -0.2) is 42.5 Å². The molecule has 0 aliphatic heterocycles. The van der Waals surface area contributed by atoms with Gasteiger partial charge in [0.1, 0.15) is 4.90 Å². The van der Waals surface area contributed by atoms with Crippen molar-refractivity contribution in [3.63, 3.8) is 0 Å². The predicted octanol–water partition coefficient (Wildman–Crippen LogP) is 4.21. The molecule has 1 aliphatic rings. The molecular weight excluding hydrogens is 584 g/mol. The molecule has 1 heterocycles. The topological polar surface area (TPSA) is 188 Å². The molecule has 0 bridgehead atoms. The number of hydrogen-bond donors (Lipinski definition) is 4. The van der Waals surface area contributed by atoms with E-state index in [2.05, 4.69) is 10.3 Å². The summed E-state index contributed by atoms with van der Waals surface area (Å²) in [6, 6.07) is 20.0. The molecule has 0 fully saturated rings. The van der Waals surface area contributed by atoms with Gasteiger partial charge in [-0.15, -0.1) is 0 Å². The number of fused-ring (bicyclic) bond motifs is 2. The van der Waals surface area contributed by atoms with Crippen LogP contribution in [-0.2, 0) is 20.2 Å².